The number of anilines is 3. The maximum absolute atomic E-state index is 12.9. The van der Waals surface area contributed by atoms with Gasteiger partial charge in [0.25, 0.3) is 5.91 Å². The summed E-state index contributed by atoms with van der Waals surface area (Å²) in [6, 6.07) is 1.72. The van der Waals surface area contributed by atoms with Gasteiger partial charge in [0, 0.05) is 25.4 Å². The zero-order valence-corrected chi connectivity index (χ0v) is 15.4. The number of ether oxygens (including phenoxy) is 2. The van der Waals surface area contributed by atoms with Gasteiger partial charge in [-0.3, -0.25) is 9.78 Å². The molecule has 2 aromatic heterocycles. The second-order valence-corrected chi connectivity index (χ2v) is 7.17. The van der Waals surface area contributed by atoms with E-state index in [-0.39, 0.29) is 28.8 Å². The lowest BCUT2D eigenvalue weighted by atomic mass is 10.2. The fourth-order valence-electron chi connectivity index (χ4n) is 3.22. The highest BCUT2D eigenvalue weighted by atomic mass is 35.5. The van der Waals surface area contributed by atoms with Crippen LogP contribution in [0.3, 0.4) is 0 Å². The van der Waals surface area contributed by atoms with E-state index in [1.165, 1.54) is 0 Å². The zero-order valence-electron chi connectivity index (χ0n) is 14.7. The van der Waals surface area contributed by atoms with Gasteiger partial charge in [-0.15, -0.1) is 11.6 Å². The first kappa shape index (κ1) is 17.9. The number of carbonyl (C=O) groups excluding carboxylic acids is 1. The van der Waals surface area contributed by atoms with Crippen LogP contribution in [0.15, 0.2) is 18.5 Å². The van der Waals surface area contributed by atoms with Crippen molar-refractivity contribution >= 4 is 34.8 Å². The molecule has 27 heavy (non-hydrogen) atoms. The number of nitrogen functional groups attached to an aromatic ring is 1. The van der Waals surface area contributed by atoms with Crippen LogP contribution in [-0.4, -0.2) is 51.9 Å². The molecule has 1 saturated heterocycles. The molecule has 2 unspecified atom stereocenters. The van der Waals surface area contributed by atoms with Gasteiger partial charge < -0.3 is 25.8 Å². The molecule has 4 heterocycles. The molecule has 10 heteroatoms. The van der Waals surface area contributed by atoms with Crippen LogP contribution >= 0.6 is 11.6 Å². The summed E-state index contributed by atoms with van der Waals surface area (Å²) >= 11 is 6.13. The first-order chi connectivity index (χ1) is 13.1. The highest BCUT2D eigenvalue weighted by molar-refractivity contribution is 6.21. The molecule has 0 bridgehead atoms. The van der Waals surface area contributed by atoms with Crippen molar-refractivity contribution in [2.45, 2.75) is 30.9 Å². The predicted octanol–water partition coefficient (Wildman–Crippen LogP) is 1.70. The number of fused-ring (bicyclic) bond motifs is 1. The van der Waals surface area contributed by atoms with Crippen molar-refractivity contribution < 1.29 is 14.3 Å². The third kappa shape index (κ3) is 3.79. The number of hydrogen-bond donors (Lipinski definition) is 3. The Balaban J connectivity index is 1.54. The molecule has 0 radical (unpaired) electrons. The SMILES string of the molecule is Nc1nn2c(c1C(=O)Nc1cnccc1OC1CCCOC1)NCC(Cl)C2. The number of hydrogen-bond acceptors (Lipinski definition) is 7. The Labute approximate surface area is 161 Å². The highest BCUT2D eigenvalue weighted by Crippen LogP contribution is 2.30. The monoisotopic (exact) mass is 392 g/mol. The average Bonchev–Trinajstić information content (AvgIpc) is 2.99. The van der Waals surface area contributed by atoms with Crippen LogP contribution in [0.1, 0.15) is 23.2 Å². The van der Waals surface area contributed by atoms with E-state index in [0.717, 1.165) is 19.4 Å². The highest BCUT2D eigenvalue weighted by Gasteiger charge is 2.28. The Kier molecular flexibility index (Phi) is 5.04. The van der Waals surface area contributed by atoms with Gasteiger partial charge in [0.05, 0.1) is 24.7 Å². The smallest absolute Gasteiger partial charge is 0.263 e. The lowest BCUT2D eigenvalue weighted by Gasteiger charge is -2.24. The molecule has 144 valence electrons. The summed E-state index contributed by atoms with van der Waals surface area (Å²) in [5.41, 5.74) is 6.73. The minimum Gasteiger partial charge on any atom is -0.486 e. The van der Waals surface area contributed by atoms with Crippen LogP contribution in [0.2, 0.25) is 0 Å². The first-order valence-corrected chi connectivity index (χ1v) is 9.29. The van der Waals surface area contributed by atoms with Crippen LogP contribution in [0, 0.1) is 0 Å². The minimum atomic E-state index is -0.382. The van der Waals surface area contributed by atoms with Gasteiger partial charge in [-0.05, 0) is 12.8 Å². The van der Waals surface area contributed by atoms with Gasteiger partial charge in [0.15, 0.2) is 5.82 Å². The third-order valence-corrected chi connectivity index (χ3v) is 4.80. The average molecular weight is 393 g/mol. The topological polar surface area (TPSA) is 116 Å². The number of aromatic nitrogens is 3. The minimum absolute atomic E-state index is 0.0481. The van der Waals surface area contributed by atoms with Crippen LogP contribution < -0.4 is 21.1 Å². The van der Waals surface area contributed by atoms with Crippen LogP contribution in [0.25, 0.3) is 0 Å². The number of halogens is 1. The number of amides is 1. The molecule has 2 aliphatic heterocycles. The summed E-state index contributed by atoms with van der Waals surface area (Å²) in [6.07, 6.45) is 4.97. The van der Waals surface area contributed by atoms with E-state index in [4.69, 9.17) is 26.8 Å². The van der Waals surface area contributed by atoms with E-state index < -0.39 is 0 Å². The van der Waals surface area contributed by atoms with E-state index in [0.29, 0.717) is 37.0 Å². The van der Waals surface area contributed by atoms with Gasteiger partial charge in [-0.2, -0.15) is 5.10 Å². The van der Waals surface area contributed by atoms with Gasteiger partial charge >= 0.3 is 0 Å². The molecule has 4 N–H and O–H groups in total. The molecule has 2 aromatic rings. The number of rotatable bonds is 4. The molecule has 0 aromatic carbocycles. The summed E-state index contributed by atoms with van der Waals surface area (Å²) in [4.78, 5) is 17.0. The van der Waals surface area contributed by atoms with E-state index in [9.17, 15) is 4.79 Å². The van der Waals surface area contributed by atoms with Crippen molar-refractivity contribution in [3.8, 4) is 5.75 Å². The maximum Gasteiger partial charge on any atom is 0.263 e. The summed E-state index contributed by atoms with van der Waals surface area (Å²) in [5, 5.41) is 10.0. The Hall–Kier alpha value is -2.52. The van der Waals surface area contributed by atoms with Crippen molar-refractivity contribution in [3.63, 3.8) is 0 Å². The number of alkyl halides is 1. The quantitative estimate of drug-likeness (QED) is 0.678. The van der Waals surface area contributed by atoms with Crippen molar-refractivity contribution in [2.24, 2.45) is 0 Å². The fourth-order valence-corrected chi connectivity index (χ4v) is 3.43. The normalized spacial score (nSPS) is 21.8. The van der Waals surface area contributed by atoms with E-state index in [2.05, 4.69) is 20.7 Å². The molecular formula is C17H21ClN6O3. The summed E-state index contributed by atoms with van der Waals surface area (Å²) in [6.45, 7) is 2.31. The Morgan fingerprint density at radius 2 is 2.41 bits per heavy atom. The summed E-state index contributed by atoms with van der Waals surface area (Å²) in [5.74, 6) is 0.871. The molecular weight excluding hydrogens is 372 g/mol. The molecule has 2 aliphatic rings. The molecule has 9 nitrogen and oxygen atoms in total. The zero-order chi connectivity index (χ0) is 18.8. The summed E-state index contributed by atoms with van der Waals surface area (Å²) < 4.78 is 13.1. The fraction of sp³-hybridized carbons (Fsp3) is 0.471. The van der Waals surface area contributed by atoms with Crippen molar-refractivity contribution in [3.05, 3.63) is 24.0 Å². The predicted molar refractivity (Wildman–Crippen MR) is 101 cm³/mol. The van der Waals surface area contributed by atoms with Crippen molar-refractivity contribution in [2.75, 3.05) is 36.1 Å². The molecule has 1 fully saturated rings. The van der Waals surface area contributed by atoms with Crippen LogP contribution in [0.4, 0.5) is 17.3 Å². The Morgan fingerprint density at radius 1 is 1.52 bits per heavy atom. The van der Waals surface area contributed by atoms with Crippen LogP contribution in [0.5, 0.6) is 5.75 Å². The number of nitrogens with zero attached hydrogens (tertiary/aromatic N) is 3. The third-order valence-electron chi connectivity index (χ3n) is 4.51. The van der Waals surface area contributed by atoms with Crippen LogP contribution in [-0.2, 0) is 11.3 Å². The molecule has 4 rings (SSSR count). The number of nitrogens with two attached hydrogens (primary N) is 1. The lowest BCUT2D eigenvalue weighted by Crippen LogP contribution is -2.29. The van der Waals surface area contributed by atoms with Crippen molar-refractivity contribution in [1.82, 2.24) is 14.8 Å². The molecule has 0 saturated carbocycles. The van der Waals surface area contributed by atoms with Gasteiger partial charge in [-0.25, -0.2) is 4.68 Å². The second kappa shape index (κ2) is 7.61. The van der Waals surface area contributed by atoms with Gasteiger partial charge in [0.1, 0.15) is 28.9 Å². The molecule has 0 aliphatic carbocycles. The number of nitrogens with one attached hydrogen (secondary N) is 2. The summed E-state index contributed by atoms with van der Waals surface area (Å²) in [7, 11) is 0. The molecule has 1 amide bonds. The van der Waals surface area contributed by atoms with Crippen molar-refractivity contribution in [1.29, 1.82) is 0 Å². The maximum atomic E-state index is 12.9. The molecule has 0 spiro atoms. The van der Waals surface area contributed by atoms with E-state index in [1.807, 2.05) is 0 Å². The van der Waals surface area contributed by atoms with Gasteiger partial charge in [-0.1, -0.05) is 0 Å². The van der Waals surface area contributed by atoms with E-state index in [1.54, 1.807) is 23.1 Å². The van der Waals surface area contributed by atoms with E-state index >= 15 is 0 Å². The molecule has 2 atom stereocenters. The number of carbonyl (C=O) groups is 1. The standard InChI is InChI=1S/C17H21ClN6O3/c18-10-6-21-16-14(15(19)23-24(16)8-10)17(25)22-12-7-20-4-3-13(12)27-11-2-1-5-26-9-11/h3-4,7,10-11,21H,1-2,5-6,8-9H2,(H2,19,23)(H,22,25). The Bertz CT molecular complexity index is 836. The largest absolute Gasteiger partial charge is 0.486 e. The second-order valence-electron chi connectivity index (χ2n) is 6.55. The lowest BCUT2D eigenvalue weighted by molar-refractivity contribution is 0.00770. The first-order valence-electron chi connectivity index (χ1n) is 8.86. The Morgan fingerprint density at radius 3 is 3.22 bits per heavy atom. The number of pyridine rings is 1. The van der Waals surface area contributed by atoms with Gasteiger partial charge in [0.2, 0.25) is 0 Å².